The largest absolute Gasteiger partial charge is 0.481 e. The van der Waals surface area contributed by atoms with Crippen molar-refractivity contribution >= 4 is 29.5 Å². The summed E-state index contributed by atoms with van der Waals surface area (Å²) in [6.07, 6.45) is 9.86. The minimum absolute atomic E-state index is 0.114. The van der Waals surface area contributed by atoms with Gasteiger partial charge < -0.3 is 19.8 Å². The van der Waals surface area contributed by atoms with E-state index in [4.69, 9.17) is 9.84 Å². The van der Waals surface area contributed by atoms with Crippen LogP contribution >= 0.6 is 0 Å². The first-order chi connectivity index (χ1) is 16.5. The van der Waals surface area contributed by atoms with E-state index in [1.807, 2.05) is 6.92 Å². The number of carbonyl (C=O) groups excluding carboxylic acids is 3. The van der Waals surface area contributed by atoms with Crippen LogP contribution in [0.4, 0.5) is 0 Å². The average Bonchev–Trinajstić information content (AvgIpc) is 3.05. The topological polar surface area (TPSA) is 138 Å². The van der Waals surface area contributed by atoms with Gasteiger partial charge in [-0.3, -0.25) is 14.4 Å². The highest BCUT2D eigenvalue weighted by Crippen LogP contribution is 2.45. The number of unbranched alkanes of at least 4 members (excludes halogenated alkanes) is 2. The smallest absolute Gasteiger partial charge is 0.343 e. The van der Waals surface area contributed by atoms with Crippen LogP contribution in [0.3, 0.4) is 0 Å². The summed E-state index contributed by atoms with van der Waals surface area (Å²) in [6, 6.07) is -1.23. The average molecular weight is 484 g/mol. The highest BCUT2D eigenvalue weighted by Gasteiger charge is 2.54. The lowest BCUT2D eigenvalue weighted by Crippen LogP contribution is -2.44. The van der Waals surface area contributed by atoms with Crippen LogP contribution in [0.2, 0.25) is 0 Å². The summed E-state index contributed by atoms with van der Waals surface area (Å²) in [7, 11) is 0. The van der Waals surface area contributed by atoms with E-state index < -0.39 is 35.3 Å². The quantitative estimate of drug-likeness (QED) is 0.258. The molecule has 186 valence electrons. The molecule has 9 heteroatoms. The van der Waals surface area contributed by atoms with Crippen molar-refractivity contribution in [1.82, 2.24) is 4.90 Å². The van der Waals surface area contributed by atoms with Crippen molar-refractivity contribution in [2.45, 2.75) is 70.9 Å². The molecule has 3 rings (SSSR count). The lowest BCUT2D eigenvalue weighted by molar-refractivity contribution is -0.153. The molecule has 0 fully saturated rings. The summed E-state index contributed by atoms with van der Waals surface area (Å²) in [5, 5.41) is 18.8. The van der Waals surface area contributed by atoms with Crippen LogP contribution in [0.5, 0.6) is 0 Å². The van der Waals surface area contributed by atoms with Gasteiger partial charge in [0.05, 0.1) is 0 Å². The van der Waals surface area contributed by atoms with Gasteiger partial charge in [0.1, 0.15) is 11.6 Å². The van der Waals surface area contributed by atoms with Gasteiger partial charge >= 0.3 is 17.9 Å². The van der Waals surface area contributed by atoms with Crippen molar-refractivity contribution in [3.05, 3.63) is 58.5 Å². The second-order valence-corrected chi connectivity index (χ2v) is 8.83. The maximum absolute atomic E-state index is 13.6. The Bertz CT molecular complexity index is 1140. The van der Waals surface area contributed by atoms with E-state index in [1.165, 1.54) is 18.0 Å². The number of ether oxygens (including phenoxy) is 1. The maximum atomic E-state index is 13.6. The molecule has 0 aromatic rings. The summed E-state index contributed by atoms with van der Waals surface area (Å²) in [4.78, 5) is 63.5. The van der Waals surface area contributed by atoms with E-state index >= 15 is 0 Å². The van der Waals surface area contributed by atoms with Crippen molar-refractivity contribution in [1.29, 1.82) is 0 Å². The Kier molecular flexibility index (Phi) is 7.57. The predicted molar refractivity (Wildman–Crippen MR) is 125 cm³/mol. The third-order valence-electron chi connectivity index (χ3n) is 6.32. The van der Waals surface area contributed by atoms with Crippen molar-refractivity contribution in [2.75, 3.05) is 0 Å². The van der Waals surface area contributed by atoms with Crippen LogP contribution in [0.1, 0.15) is 59.3 Å². The Labute approximate surface area is 203 Å². The molecule has 2 aliphatic heterocycles. The number of ketones is 2. The molecule has 3 aliphatic rings. The number of carboxylic acid groups (broad SMARTS) is 2. The Morgan fingerprint density at radius 2 is 1.86 bits per heavy atom. The number of aliphatic carboxylic acids is 2. The van der Waals surface area contributed by atoms with Crippen molar-refractivity contribution < 1.29 is 38.9 Å². The number of hydrogen-bond donors (Lipinski definition) is 2. The van der Waals surface area contributed by atoms with Crippen molar-refractivity contribution in [2.24, 2.45) is 0 Å². The van der Waals surface area contributed by atoms with E-state index in [-0.39, 0.29) is 41.8 Å². The van der Waals surface area contributed by atoms with Gasteiger partial charge in [-0.2, -0.15) is 0 Å². The summed E-state index contributed by atoms with van der Waals surface area (Å²) < 4.78 is 5.43. The zero-order valence-corrected chi connectivity index (χ0v) is 20.0. The maximum Gasteiger partial charge on any atom is 0.343 e. The van der Waals surface area contributed by atoms with Gasteiger partial charge in [0, 0.05) is 35.9 Å². The molecule has 2 atom stereocenters. The number of carbonyl (C=O) groups is 5. The van der Waals surface area contributed by atoms with E-state index in [2.05, 4.69) is 0 Å². The van der Waals surface area contributed by atoms with Crippen LogP contribution in [0.25, 0.3) is 0 Å². The fourth-order valence-corrected chi connectivity index (χ4v) is 4.48. The number of allylic oxidation sites excluding steroid dienone is 4. The lowest BCUT2D eigenvalue weighted by Gasteiger charge is -2.36. The van der Waals surface area contributed by atoms with Gasteiger partial charge in [0.25, 0.3) is 0 Å². The highest BCUT2D eigenvalue weighted by atomic mass is 16.6. The number of nitrogens with zero attached hydrogens (tertiary/aromatic N) is 1. The number of fused-ring (bicyclic) bond motifs is 2. The normalized spacial score (nSPS) is 22.3. The van der Waals surface area contributed by atoms with Gasteiger partial charge in [0.15, 0.2) is 11.4 Å². The molecule has 0 spiro atoms. The van der Waals surface area contributed by atoms with Crippen LogP contribution in [0.15, 0.2) is 58.5 Å². The molecule has 35 heavy (non-hydrogen) atoms. The van der Waals surface area contributed by atoms with Crippen LogP contribution in [0, 0.1) is 0 Å². The minimum Gasteiger partial charge on any atom is -0.481 e. The summed E-state index contributed by atoms with van der Waals surface area (Å²) in [5.74, 6) is -4.16. The van der Waals surface area contributed by atoms with Crippen LogP contribution in [-0.4, -0.2) is 56.2 Å². The van der Waals surface area contributed by atoms with E-state index in [0.29, 0.717) is 17.7 Å². The minimum atomic E-state index is -1.69. The van der Waals surface area contributed by atoms with Gasteiger partial charge in [-0.25, -0.2) is 9.59 Å². The molecule has 0 radical (unpaired) electrons. The van der Waals surface area contributed by atoms with Gasteiger partial charge in [-0.1, -0.05) is 25.8 Å². The molecular formula is C26H29NO8. The molecule has 0 bridgehead atoms. The van der Waals surface area contributed by atoms with Crippen LogP contribution < -0.4 is 0 Å². The number of rotatable bonds is 11. The summed E-state index contributed by atoms with van der Waals surface area (Å²) in [6.45, 7) is 5.17. The second-order valence-electron chi connectivity index (χ2n) is 8.83. The first kappa shape index (κ1) is 25.9. The molecular weight excluding hydrogens is 454 g/mol. The molecule has 0 aromatic carbocycles. The lowest BCUT2D eigenvalue weighted by atomic mass is 9.76. The predicted octanol–water partition coefficient (Wildman–Crippen LogP) is 3.23. The van der Waals surface area contributed by atoms with Crippen molar-refractivity contribution in [3.8, 4) is 0 Å². The first-order valence-corrected chi connectivity index (χ1v) is 11.6. The Morgan fingerprint density at radius 1 is 1.14 bits per heavy atom. The molecule has 9 nitrogen and oxygen atoms in total. The SMILES string of the molecule is CC=CC1=CC2=CC3=C(C(=O)CCCCC)C(=O)OC3(C)C(=O)C2=CN1C(CCC(=O)O)C(=O)O. The Hall–Kier alpha value is -3.75. The fourth-order valence-electron chi connectivity index (χ4n) is 4.48. The summed E-state index contributed by atoms with van der Waals surface area (Å²) >= 11 is 0. The first-order valence-electron chi connectivity index (χ1n) is 11.6. The molecule has 0 saturated heterocycles. The molecule has 1 aliphatic carbocycles. The van der Waals surface area contributed by atoms with Gasteiger partial charge in [-0.15, -0.1) is 0 Å². The van der Waals surface area contributed by atoms with Crippen molar-refractivity contribution in [3.63, 3.8) is 0 Å². The molecule has 2 unspecified atom stereocenters. The molecule has 0 saturated carbocycles. The molecule has 2 heterocycles. The third-order valence-corrected chi connectivity index (χ3v) is 6.32. The zero-order valence-electron chi connectivity index (χ0n) is 20.0. The van der Waals surface area contributed by atoms with Gasteiger partial charge in [0.2, 0.25) is 5.78 Å². The molecule has 0 amide bonds. The standard InChI is InChI=1S/C26H29NO8/c1-4-6-7-9-20(28)22-18-13-15-12-16(8-5-2)27(19(24(32)33)10-11-21(29)30)14-17(15)23(31)26(18,3)35-25(22)34/h5,8,12-14,19H,4,6-7,9-11H2,1-3H3,(H,29,30)(H,32,33). The third kappa shape index (κ3) is 4.89. The molecule has 0 aromatic heterocycles. The van der Waals surface area contributed by atoms with Gasteiger partial charge in [-0.05, 0) is 50.5 Å². The number of esters is 1. The highest BCUT2D eigenvalue weighted by molar-refractivity contribution is 6.25. The van der Waals surface area contributed by atoms with E-state index in [1.54, 1.807) is 31.2 Å². The number of Topliss-reactive ketones (excluding diaryl/α,β-unsaturated/α-hetero) is 2. The number of hydrogen-bond acceptors (Lipinski definition) is 7. The second kappa shape index (κ2) is 10.2. The molecule has 2 N–H and O–H groups in total. The fraction of sp³-hybridized carbons (Fsp3) is 0.423. The number of carboxylic acids is 2. The Balaban J connectivity index is 2.10. The summed E-state index contributed by atoms with van der Waals surface area (Å²) in [5.41, 5.74) is -0.620. The zero-order chi connectivity index (χ0) is 25.9. The van der Waals surface area contributed by atoms with E-state index in [9.17, 15) is 29.1 Å². The Morgan fingerprint density at radius 3 is 2.46 bits per heavy atom. The van der Waals surface area contributed by atoms with E-state index in [0.717, 1.165) is 12.8 Å². The van der Waals surface area contributed by atoms with Crippen LogP contribution in [-0.2, 0) is 28.7 Å². The monoisotopic (exact) mass is 483 g/mol.